The lowest BCUT2D eigenvalue weighted by Gasteiger charge is -2.14. The minimum Gasteiger partial charge on any atom is -0.480 e. The smallest absolute Gasteiger partial charge is 0.326 e. The predicted octanol–water partition coefficient (Wildman–Crippen LogP) is 3.04. The van der Waals surface area contributed by atoms with E-state index < -0.39 is 12.0 Å². The molecule has 18 heavy (non-hydrogen) atoms. The van der Waals surface area contributed by atoms with Gasteiger partial charge < -0.3 is 10.4 Å². The molecule has 1 rings (SSSR count). The van der Waals surface area contributed by atoms with Crippen molar-refractivity contribution in [3.63, 3.8) is 0 Å². The van der Waals surface area contributed by atoms with Gasteiger partial charge in [0.15, 0.2) is 0 Å². The number of hydrogen-bond acceptors (Lipinski definition) is 2. The van der Waals surface area contributed by atoms with Gasteiger partial charge in [0.1, 0.15) is 6.04 Å². The summed E-state index contributed by atoms with van der Waals surface area (Å²) in [5, 5.41) is 11.5. The molecular weight excluding hydrogens is 413 g/mol. The summed E-state index contributed by atoms with van der Waals surface area (Å²) in [5.74, 6) is -1.38. The topological polar surface area (TPSA) is 66.4 Å². The summed E-state index contributed by atoms with van der Waals surface area (Å²) in [6.07, 6.45) is 1.12. The molecule has 1 atom stereocenters. The van der Waals surface area contributed by atoms with Crippen LogP contribution in [0, 0.1) is 3.57 Å². The van der Waals surface area contributed by atoms with Crippen molar-refractivity contribution in [1.29, 1.82) is 0 Å². The first kappa shape index (κ1) is 15.4. The van der Waals surface area contributed by atoms with Gasteiger partial charge in [0.05, 0.1) is 5.56 Å². The van der Waals surface area contributed by atoms with Crippen LogP contribution in [0.2, 0.25) is 0 Å². The fraction of sp³-hybridized carbons (Fsp3) is 0.333. The van der Waals surface area contributed by atoms with Crippen LogP contribution >= 0.6 is 38.5 Å². The molecule has 0 aliphatic carbocycles. The molecule has 0 bridgehead atoms. The van der Waals surface area contributed by atoms with Crippen LogP contribution in [-0.4, -0.2) is 23.0 Å². The van der Waals surface area contributed by atoms with Crippen molar-refractivity contribution in [1.82, 2.24) is 5.32 Å². The maximum Gasteiger partial charge on any atom is 0.326 e. The Morgan fingerprint density at radius 1 is 1.50 bits per heavy atom. The Hall–Kier alpha value is -0.630. The van der Waals surface area contributed by atoms with Crippen LogP contribution in [0.3, 0.4) is 0 Å². The van der Waals surface area contributed by atoms with E-state index in [-0.39, 0.29) is 5.91 Å². The molecular formula is C12H13BrINO3. The molecule has 6 heteroatoms. The highest BCUT2D eigenvalue weighted by Gasteiger charge is 2.20. The Bertz CT molecular complexity index is 465. The zero-order valence-electron chi connectivity index (χ0n) is 9.74. The molecule has 1 aromatic carbocycles. The van der Waals surface area contributed by atoms with Crippen LogP contribution in [-0.2, 0) is 4.79 Å². The second-order valence-electron chi connectivity index (χ2n) is 3.78. The monoisotopic (exact) mass is 425 g/mol. The molecule has 4 nitrogen and oxygen atoms in total. The van der Waals surface area contributed by atoms with Gasteiger partial charge >= 0.3 is 5.97 Å². The van der Waals surface area contributed by atoms with E-state index in [4.69, 9.17) is 5.11 Å². The third-order valence-corrected chi connectivity index (χ3v) is 3.72. The van der Waals surface area contributed by atoms with Gasteiger partial charge in [-0.1, -0.05) is 13.3 Å². The van der Waals surface area contributed by atoms with E-state index in [1.165, 1.54) is 0 Å². The largest absolute Gasteiger partial charge is 0.480 e. The van der Waals surface area contributed by atoms with Gasteiger partial charge in [-0.05, 0) is 63.1 Å². The van der Waals surface area contributed by atoms with Gasteiger partial charge in [0, 0.05) is 8.04 Å². The van der Waals surface area contributed by atoms with Crippen LogP contribution in [0.4, 0.5) is 0 Å². The first-order valence-corrected chi connectivity index (χ1v) is 7.31. The number of nitrogens with one attached hydrogen (secondary N) is 1. The second-order valence-corrected chi connectivity index (χ2v) is 5.88. The van der Waals surface area contributed by atoms with Gasteiger partial charge in [-0.25, -0.2) is 4.79 Å². The molecule has 2 N–H and O–H groups in total. The molecule has 0 heterocycles. The number of aliphatic carboxylic acids is 1. The highest BCUT2D eigenvalue weighted by atomic mass is 127. The number of carboxylic acid groups (broad SMARTS) is 1. The summed E-state index contributed by atoms with van der Waals surface area (Å²) < 4.78 is 1.57. The van der Waals surface area contributed by atoms with Gasteiger partial charge in [0.25, 0.3) is 5.91 Å². The van der Waals surface area contributed by atoms with E-state index in [2.05, 4.69) is 43.8 Å². The number of halogens is 2. The van der Waals surface area contributed by atoms with Crippen molar-refractivity contribution >= 4 is 50.4 Å². The Balaban J connectivity index is 2.86. The van der Waals surface area contributed by atoms with Crippen molar-refractivity contribution in [3.05, 3.63) is 31.8 Å². The van der Waals surface area contributed by atoms with Gasteiger partial charge in [-0.15, -0.1) is 0 Å². The normalized spacial score (nSPS) is 11.9. The highest BCUT2D eigenvalue weighted by molar-refractivity contribution is 14.1. The van der Waals surface area contributed by atoms with E-state index in [1.807, 2.05) is 13.0 Å². The van der Waals surface area contributed by atoms with Crippen molar-refractivity contribution < 1.29 is 14.7 Å². The fourth-order valence-electron chi connectivity index (χ4n) is 1.45. The van der Waals surface area contributed by atoms with Crippen molar-refractivity contribution in [2.45, 2.75) is 25.8 Å². The predicted molar refractivity (Wildman–Crippen MR) is 80.7 cm³/mol. The van der Waals surface area contributed by atoms with Gasteiger partial charge in [-0.2, -0.15) is 0 Å². The molecule has 0 aromatic heterocycles. The summed E-state index contributed by atoms with van der Waals surface area (Å²) in [6.45, 7) is 1.88. The molecule has 0 aliphatic rings. The fourth-order valence-corrected chi connectivity index (χ4v) is 2.37. The lowest BCUT2D eigenvalue weighted by Crippen LogP contribution is -2.40. The summed E-state index contributed by atoms with van der Waals surface area (Å²) >= 11 is 5.39. The van der Waals surface area contributed by atoms with E-state index in [9.17, 15) is 9.59 Å². The number of amides is 1. The van der Waals surface area contributed by atoms with Crippen molar-refractivity contribution in [2.24, 2.45) is 0 Å². The average Bonchev–Trinajstić information content (AvgIpc) is 2.31. The van der Waals surface area contributed by atoms with Crippen LogP contribution < -0.4 is 5.32 Å². The number of carboxylic acids is 1. The summed E-state index contributed by atoms with van der Waals surface area (Å²) in [6, 6.07) is 4.51. The molecule has 1 unspecified atom stereocenters. The number of carbonyl (C=O) groups excluding carboxylic acids is 1. The number of benzene rings is 1. The maximum atomic E-state index is 12.0. The van der Waals surface area contributed by atoms with Crippen molar-refractivity contribution in [2.75, 3.05) is 0 Å². The third-order valence-electron chi connectivity index (χ3n) is 2.35. The Morgan fingerprint density at radius 3 is 2.72 bits per heavy atom. The molecule has 0 fully saturated rings. The van der Waals surface area contributed by atoms with Crippen LogP contribution in [0.5, 0.6) is 0 Å². The van der Waals surface area contributed by atoms with E-state index in [1.54, 1.807) is 12.1 Å². The molecule has 0 aliphatic heterocycles. The van der Waals surface area contributed by atoms with E-state index in [0.29, 0.717) is 22.9 Å². The summed E-state index contributed by atoms with van der Waals surface area (Å²) in [4.78, 5) is 23.0. The lowest BCUT2D eigenvalue weighted by molar-refractivity contribution is -0.139. The molecule has 1 aromatic rings. The van der Waals surface area contributed by atoms with Crippen molar-refractivity contribution in [3.8, 4) is 0 Å². The first-order valence-electron chi connectivity index (χ1n) is 5.44. The Labute approximate surface area is 127 Å². The minimum atomic E-state index is -1.01. The quantitative estimate of drug-likeness (QED) is 0.712. The Morgan fingerprint density at radius 2 is 2.17 bits per heavy atom. The maximum absolute atomic E-state index is 12.0. The zero-order valence-corrected chi connectivity index (χ0v) is 13.5. The lowest BCUT2D eigenvalue weighted by atomic mass is 10.1. The molecule has 0 spiro atoms. The van der Waals surface area contributed by atoms with Gasteiger partial charge in [0.2, 0.25) is 0 Å². The van der Waals surface area contributed by atoms with Gasteiger partial charge in [-0.3, -0.25) is 4.79 Å². The minimum absolute atomic E-state index is 0.374. The molecule has 98 valence electrons. The summed E-state index contributed by atoms with van der Waals surface area (Å²) in [5.41, 5.74) is 0.448. The highest BCUT2D eigenvalue weighted by Crippen LogP contribution is 2.19. The molecule has 0 saturated heterocycles. The van der Waals surface area contributed by atoms with Crippen LogP contribution in [0.15, 0.2) is 22.7 Å². The standard InChI is InChI=1S/C12H13BrINO3/c1-2-3-10(12(17)18)15-11(16)8-6-7(14)4-5-9(8)13/h4-6,10H,2-3H2,1H3,(H,15,16)(H,17,18). The Kier molecular flexibility index (Phi) is 6.07. The average molecular weight is 426 g/mol. The van der Waals surface area contributed by atoms with E-state index in [0.717, 1.165) is 3.57 Å². The molecule has 0 radical (unpaired) electrons. The first-order chi connectivity index (χ1) is 8.45. The van der Waals surface area contributed by atoms with E-state index >= 15 is 0 Å². The van der Waals surface area contributed by atoms with Crippen LogP contribution in [0.1, 0.15) is 30.1 Å². The SMILES string of the molecule is CCCC(NC(=O)c1cc(I)ccc1Br)C(=O)O. The molecule has 0 saturated carbocycles. The second kappa shape index (κ2) is 7.08. The number of carbonyl (C=O) groups is 2. The van der Waals surface area contributed by atoms with Crippen LogP contribution in [0.25, 0.3) is 0 Å². The molecule has 1 amide bonds. The summed E-state index contributed by atoms with van der Waals surface area (Å²) in [7, 11) is 0. The number of hydrogen-bond donors (Lipinski definition) is 2. The third kappa shape index (κ3) is 4.24. The zero-order chi connectivity index (χ0) is 13.7. The number of rotatable bonds is 5.